The van der Waals surface area contributed by atoms with Crippen LogP contribution in [0.4, 0.5) is 10.5 Å². The number of urea groups is 1. The van der Waals surface area contributed by atoms with Gasteiger partial charge in [0.1, 0.15) is 0 Å². The van der Waals surface area contributed by atoms with Gasteiger partial charge in [0, 0.05) is 50.5 Å². The number of amides is 3. The van der Waals surface area contributed by atoms with Crippen LogP contribution >= 0.6 is 0 Å². The van der Waals surface area contributed by atoms with Gasteiger partial charge in [0.05, 0.1) is 0 Å². The zero-order valence-electron chi connectivity index (χ0n) is 16.6. The molecule has 1 fully saturated rings. The smallest absolute Gasteiger partial charge is 0.317 e. The van der Waals surface area contributed by atoms with Crippen LogP contribution in [-0.2, 0) is 0 Å². The Bertz CT molecular complexity index is 612. The summed E-state index contributed by atoms with van der Waals surface area (Å²) in [7, 11) is 3.95. The fourth-order valence-electron chi connectivity index (χ4n) is 2.99. The van der Waals surface area contributed by atoms with Gasteiger partial charge in [-0.05, 0) is 63.8 Å². The normalized spacial score (nSPS) is 15.5. The van der Waals surface area contributed by atoms with Gasteiger partial charge in [0.2, 0.25) is 0 Å². The second kappa shape index (κ2) is 8.43. The first-order valence-corrected chi connectivity index (χ1v) is 9.28. The summed E-state index contributed by atoms with van der Waals surface area (Å²) in [6.07, 6.45) is 1.83. The topological polar surface area (TPSA) is 64.7 Å². The van der Waals surface area contributed by atoms with Gasteiger partial charge in [-0.25, -0.2) is 4.79 Å². The fourth-order valence-corrected chi connectivity index (χ4v) is 2.99. The fraction of sp³-hybridized carbons (Fsp3) is 0.600. The molecule has 0 aromatic heterocycles. The van der Waals surface area contributed by atoms with Crippen LogP contribution in [0.25, 0.3) is 0 Å². The van der Waals surface area contributed by atoms with Crippen LogP contribution in [0, 0.1) is 5.92 Å². The van der Waals surface area contributed by atoms with Crippen molar-refractivity contribution in [1.82, 2.24) is 15.5 Å². The molecule has 0 unspecified atom stereocenters. The number of nitrogens with one attached hydrogen (secondary N) is 2. The Kier molecular flexibility index (Phi) is 6.51. The molecule has 1 saturated heterocycles. The van der Waals surface area contributed by atoms with Crippen molar-refractivity contribution in [2.24, 2.45) is 5.92 Å². The molecule has 1 aromatic carbocycles. The van der Waals surface area contributed by atoms with Crippen LogP contribution in [0.15, 0.2) is 24.3 Å². The quantitative estimate of drug-likeness (QED) is 0.868. The molecule has 6 nitrogen and oxygen atoms in total. The number of anilines is 1. The highest BCUT2D eigenvalue weighted by molar-refractivity contribution is 5.94. The minimum atomic E-state index is -0.218. The molecule has 0 saturated carbocycles. The third-order valence-corrected chi connectivity index (χ3v) is 4.58. The Labute approximate surface area is 156 Å². The first kappa shape index (κ1) is 20.1. The molecule has 0 atom stereocenters. The van der Waals surface area contributed by atoms with E-state index in [-0.39, 0.29) is 17.5 Å². The monoisotopic (exact) mass is 360 g/mol. The lowest BCUT2D eigenvalue weighted by atomic mass is 9.96. The summed E-state index contributed by atoms with van der Waals surface area (Å²) in [6.45, 7) is 8.08. The van der Waals surface area contributed by atoms with Crippen molar-refractivity contribution in [3.05, 3.63) is 29.8 Å². The van der Waals surface area contributed by atoms with Crippen LogP contribution in [0.5, 0.6) is 0 Å². The van der Waals surface area contributed by atoms with Gasteiger partial charge in [-0.1, -0.05) is 0 Å². The number of piperidine rings is 1. The average molecular weight is 361 g/mol. The lowest BCUT2D eigenvalue weighted by molar-refractivity contribution is 0.0937. The number of nitrogens with zero attached hydrogens (tertiary/aromatic N) is 2. The van der Waals surface area contributed by atoms with E-state index in [9.17, 15) is 9.59 Å². The molecule has 1 aromatic rings. The molecule has 0 spiro atoms. The van der Waals surface area contributed by atoms with E-state index < -0.39 is 0 Å². The molecule has 26 heavy (non-hydrogen) atoms. The van der Waals surface area contributed by atoms with E-state index in [2.05, 4.69) is 10.6 Å². The van der Waals surface area contributed by atoms with Crippen molar-refractivity contribution in [1.29, 1.82) is 0 Å². The van der Waals surface area contributed by atoms with Gasteiger partial charge in [-0.2, -0.15) is 0 Å². The van der Waals surface area contributed by atoms with E-state index in [1.807, 2.05) is 68.9 Å². The zero-order valence-corrected chi connectivity index (χ0v) is 16.6. The molecule has 2 rings (SSSR count). The molecule has 2 N–H and O–H groups in total. The first-order chi connectivity index (χ1) is 12.2. The number of benzene rings is 1. The van der Waals surface area contributed by atoms with E-state index >= 15 is 0 Å². The van der Waals surface area contributed by atoms with Crippen LogP contribution in [0.2, 0.25) is 0 Å². The molecule has 0 aliphatic carbocycles. The largest absolute Gasteiger partial charge is 0.378 e. The number of carbonyl (C=O) groups excluding carboxylic acids is 2. The van der Waals surface area contributed by atoms with Gasteiger partial charge in [0.15, 0.2) is 0 Å². The summed E-state index contributed by atoms with van der Waals surface area (Å²) in [6, 6.07) is 7.59. The number of hydrogen-bond acceptors (Lipinski definition) is 3. The highest BCUT2D eigenvalue weighted by atomic mass is 16.2. The minimum absolute atomic E-state index is 0.000896. The highest BCUT2D eigenvalue weighted by Crippen LogP contribution is 2.18. The summed E-state index contributed by atoms with van der Waals surface area (Å²) in [5.74, 6) is 0.377. The molecule has 3 amide bonds. The summed E-state index contributed by atoms with van der Waals surface area (Å²) in [5.41, 5.74) is 1.53. The molecular weight excluding hydrogens is 328 g/mol. The van der Waals surface area contributed by atoms with Crippen LogP contribution in [0.3, 0.4) is 0 Å². The summed E-state index contributed by atoms with van der Waals surface area (Å²) < 4.78 is 0. The molecule has 1 aliphatic heterocycles. The van der Waals surface area contributed by atoms with Crippen molar-refractivity contribution in [2.75, 3.05) is 38.6 Å². The van der Waals surface area contributed by atoms with E-state index in [0.29, 0.717) is 18.0 Å². The molecule has 1 aliphatic rings. The van der Waals surface area contributed by atoms with Crippen LogP contribution < -0.4 is 15.5 Å². The molecule has 6 heteroatoms. The van der Waals surface area contributed by atoms with Crippen molar-refractivity contribution in [3.8, 4) is 0 Å². The van der Waals surface area contributed by atoms with Gasteiger partial charge in [0.25, 0.3) is 5.91 Å². The number of carbonyl (C=O) groups is 2. The van der Waals surface area contributed by atoms with Crippen molar-refractivity contribution in [3.63, 3.8) is 0 Å². The number of likely N-dealkylation sites (tertiary alicyclic amines) is 1. The second-order valence-corrected chi connectivity index (χ2v) is 8.26. The Hall–Kier alpha value is -2.24. The standard InChI is InChI=1S/C20H32N4O2/c1-20(2,3)22-19(26)24-12-10-15(11-13-24)14-21-18(25)16-6-8-17(9-7-16)23(4)5/h6-9,15H,10-14H2,1-5H3,(H,21,25)(H,22,26). The van der Waals surface area contributed by atoms with Crippen LogP contribution in [-0.4, -0.2) is 56.1 Å². The van der Waals surface area contributed by atoms with Gasteiger partial charge in [-0.3, -0.25) is 4.79 Å². The van der Waals surface area contributed by atoms with E-state index in [1.165, 1.54) is 0 Å². The Morgan fingerprint density at radius 2 is 1.69 bits per heavy atom. The maximum Gasteiger partial charge on any atom is 0.317 e. The second-order valence-electron chi connectivity index (χ2n) is 8.26. The predicted octanol–water partition coefficient (Wildman–Crippen LogP) is 2.70. The predicted molar refractivity (Wildman–Crippen MR) is 106 cm³/mol. The molecule has 144 valence electrons. The van der Waals surface area contributed by atoms with E-state index in [4.69, 9.17) is 0 Å². The maximum atomic E-state index is 12.3. The highest BCUT2D eigenvalue weighted by Gasteiger charge is 2.25. The maximum absolute atomic E-state index is 12.3. The summed E-state index contributed by atoms with van der Waals surface area (Å²) in [5, 5.41) is 6.03. The van der Waals surface area contributed by atoms with E-state index in [0.717, 1.165) is 31.6 Å². The summed E-state index contributed by atoms with van der Waals surface area (Å²) >= 11 is 0. The molecule has 0 radical (unpaired) electrons. The Morgan fingerprint density at radius 3 is 2.19 bits per heavy atom. The minimum Gasteiger partial charge on any atom is -0.378 e. The summed E-state index contributed by atoms with van der Waals surface area (Å²) in [4.78, 5) is 28.4. The average Bonchev–Trinajstić information content (AvgIpc) is 2.58. The van der Waals surface area contributed by atoms with Crippen molar-refractivity contribution in [2.45, 2.75) is 39.2 Å². The zero-order chi connectivity index (χ0) is 19.3. The van der Waals surface area contributed by atoms with Gasteiger partial charge >= 0.3 is 6.03 Å². The third kappa shape index (κ3) is 5.93. The Balaban J connectivity index is 1.76. The Morgan fingerprint density at radius 1 is 1.12 bits per heavy atom. The van der Waals surface area contributed by atoms with Gasteiger partial charge < -0.3 is 20.4 Å². The number of rotatable bonds is 4. The third-order valence-electron chi connectivity index (χ3n) is 4.58. The van der Waals surface area contributed by atoms with Crippen molar-refractivity contribution >= 4 is 17.6 Å². The SMILES string of the molecule is CN(C)c1ccc(C(=O)NCC2CCN(C(=O)NC(C)(C)C)CC2)cc1. The lowest BCUT2D eigenvalue weighted by Crippen LogP contribution is -2.51. The van der Waals surface area contributed by atoms with Crippen LogP contribution in [0.1, 0.15) is 44.0 Å². The lowest BCUT2D eigenvalue weighted by Gasteiger charge is -2.34. The molecule has 1 heterocycles. The van der Waals surface area contributed by atoms with E-state index in [1.54, 1.807) is 0 Å². The molecule has 0 bridgehead atoms. The van der Waals surface area contributed by atoms with Gasteiger partial charge in [-0.15, -0.1) is 0 Å². The van der Waals surface area contributed by atoms with Crippen molar-refractivity contribution < 1.29 is 9.59 Å². The first-order valence-electron chi connectivity index (χ1n) is 9.28. The number of hydrogen-bond donors (Lipinski definition) is 2. The molecular formula is C20H32N4O2.